The molecule has 14 heavy (non-hydrogen) atoms. The number of anilines is 1. The molecule has 3 heteroatoms. The number of ether oxygens (including phenoxy) is 1. The van der Waals surface area contributed by atoms with Gasteiger partial charge >= 0.3 is 0 Å². The lowest BCUT2D eigenvalue weighted by Crippen LogP contribution is -2.19. The van der Waals surface area contributed by atoms with Crippen LogP contribution < -0.4 is 10.5 Å². The second-order valence-corrected chi connectivity index (χ2v) is 4.66. The first-order valence-electron chi connectivity index (χ1n) is 4.72. The van der Waals surface area contributed by atoms with Crippen molar-refractivity contribution in [3.8, 4) is 5.75 Å². The first-order valence-corrected chi connectivity index (χ1v) is 5.51. The average Bonchev–Trinajstić information content (AvgIpc) is 2.09. The minimum atomic E-state index is 0.179. The van der Waals surface area contributed by atoms with Crippen LogP contribution >= 0.6 is 15.9 Å². The van der Waals surface area contributed by atoms with Crippen LogP contribution in [-0.2, 0) is 0 Å². The highest BCUT2D eigenvalue weighted by Crippen LogP contribution is 2.27. The Morgan fingerprint density at radius 3 is 2.43 bits per heavy atom. The second kappa shape index (κ2) is 4.69. The van der Waals surface area contributed by atoms with Gasteiger partial charge in [-0.1, -0.05) is 29.8 Å². The molecule has 2 nitrogen and oxygen atoms in total. The Hall–Kier alpha value is -0.700. The predicted octanol–water partition coefficient (Wildman–Crippen LogP) is 3.45. The molecule has 0 amide bonds. The van der Waals surface area contributed by atoms with Gasteiger partial charge in [0.1, 0.15) is 5.75 Å². The summed E-state index contributed by atoms with van der Waals surface area (Å²) in [5, 5.41) is 0. The molecule has 0 fully saturated rings. The number of benzene rings is 1. The van der Waals surface area contributed by atoms with E-state index >= 15 is 0 Å². The first kappa shape index (κ1) is 11.4. The zero-order chi connectivity index (χ0) is 10.7. The van der Waals surface area contributed by atoms with Gasteiger partial charge in [0.05, 0.1) is 11.8 Å². The highest BCUT2D eigenvalue weighted by atomic mass is 79.9. The van der Waals surface area contributed by atoms with E-state index in [-0.39, 0.29) is 6.10 Å². The molecular weight excluding hydrogens is 242 g/mol. The molecule has 1 unspecified atom stereocenters. The van der Waals surface area contributed by atoms with Crippen LogP contribution in [0.4, 0.5) is 5.69 Å². The Labute approximate surface area is 93.6 Å². The SMILES string of the molecule is CC(C)C(C)Oc1ccc(Br)cc1N. The Morgan fingerprint density at radius 2 is 1.93 bits per heavy atom. The summed E-state index contributed by atoms with van der Waals surface area (Å²) < 4.78 is 6.69. The van der Waals surface area contributed by atoms with E-state index < -0.39 is 0 Å². The molecule has 0 aromatic heterocycles. The molecule has 1 aromatic carbocycles. The summed E-state index contributed by atoms with van der Waals surface area (Å²) in [6.07, 6.45) is 0.179. The second-order valence-electron chi connectivity index (χ2n) is 3.75. The lowest BCUT2D eigenvalue weighted by atomic mass is 10.1. The molecule has 0 spiro atoms. The molecular formula is C11H16BrNO. The van der Waals surface area contributed by atoms with E-state index in [1.165, 1.54) is 0 Å². The molecule has 0 radical (unpaired) electrons. The van der Waals surface area contributed by atoms with Crippen LogP contribution in [0.3, 0.4) is 0 Å². The Kier molecular flexibility index (Phi) is 3.81. The zero-order valence-corrected chi connectivity index (χ0v) is 10.3. The standard InChI is InChI=1S/C11H16BrNO/c1-7(2)8(3)14-11-5-4-9(12)6-10(11)13/h4-8H,13H2,1-3H3. The molecule has 1 rings (SSSR count). The highest BCUT2D eigenvalue weighted by Gasteiger charge is 2.10. The quantitative estimate of drug-likeness (QED) is 0.842. The van der Waals surface area contributed by atoms with Crippen LogP contribution in [0, 0.1) is 5.92 Å². The molecule has 2 N–H and O–H groups in total. The van der Waals surface area contributed by atoms with Gasteiger partial charge < -0.3 is 10.5 Å². The minimum absolute atomic E-state index is 0.179. The van der Waals surface area contributed by atoms with Crippen LogP contribution in [0.2, 0.25) is 0 Å². The third-order valence-electron chi connectivity index (χ3n) is 2.22. The summed E-state index contributed by atoms with van der Waals surface area (Å²) in [5.41, 5.74) is 6.49. The maximum Gasteiger partial charge on any atom is 0.142 e. The van der Waals surface area contributed by atoms with E-state index in [4.69, 9.17) is 10.5 Å². The Balaban J connectivity index is 2.77. The van der Waals surface area contributed by atoms with Gasteiger partial charge in [0, 0.05) is 4.47 Å². The topological polar surface area (TPSA) is 35.2 Å². The van der Waals surface area contributed by atoms with E-state index in [1.54, 1.807) is 0 Å². The van der Waals surface area contributed by atoms with Crippen LogP contribution in [0.25, 0.3) is 0 Å². The van der Waals surface area contributed by atoms with E-state index in [2.05, 4.69) is 29.8 Å². The number of hydrogen-bond donors (Lipinski definition) is 1. The van der Waals surface area contributed by atoms with Crippen molar-refractivity contribution in [1.29, 1.82) is 0 Å². The third-order valence-corrected chi connectivity index (χ3v) is 2.72. The molecule has 0 aliphatic heterocycles. The van der Waals surface area contributed by atoms with Gasteiger partial charge in [-0.25, -0.2) is 0 Å². The molecule has 78 valence electrons. The fraction of sp³-hybridized carbons (Fsp3) is 0.455. The summed E-state index contributed by atoms with van der Waals surface area (Å²) in [5.74, 6) is 1.24. The van der Waals surface area contributed by atoms with Gasteiger partial charge in [0.25, 0.3) is 0 Å². The predicted molar refractivity (Wildman–Crippen MR) is 63.5 cm³/mol. The van der Waals surface area contributed by atoms with E-state index in [9.17, 15) is 0 Å². The van der Waals surface area contributed by atoms with Crippen LogP contribution in [0.15, 0.2) is 22.7 Å². The molecule has 1 atom stereocenters. The molecule has 0 heterocycles. The van der Waals surface area contributed by atoms with Crippen LogP contribution in [-0.4, -0.2) is 6.10 Å². The number of nitrogen functional groups attached to an aromatic ring is 1. The molecule has 0 saturated carbocycles. The van der Waals surface area contributed by atoms with Gasteiger partial charge in [-0.3, -0.25) is 0 Å². The van der Waals surface area contributed by atoms with Crippen molar-refractivity contribution in [1.82, 2.24) is 0 Å². The lowest BCUT2D eigenvalue weighted by Gasteiger charge is -2.19. The van der Waals surface area contributed by atoms with Gasteiger partial charge in [-0.2, -0.15) is 0 Å². The van der Waals surface area contributed by atoms with E-state index in [1.807, 2.05) is 25.1 Å². The van der Waals surface area contributed by atoms with E-state index in [0.29, 0.717) is 11.6 Å². The van der Waals surface area contributed by atoms with Crippen molar-refractivity contribution in [2.24, 2.45) is 5.92 Å². The van der Waals surface area contributed by atoms with Gasteiger partial charge in [-0.15, -0.1) is 0 Å². The van der Waals surface area contributed by atoms with Gasteiger partial charge in [0.2, 0.25) is 0 Å². The normalized spacial score (nSPS) is 12.9. The summed E-state index contributed by atoms with van der Waals surface area (Å²) in [7, 11) is 0. The largest absolute Gasteiger partial charge is 0.488 e. The molecule has 0 aliphatic carbocycles. The smallest absolute Gasteiger partial charge is 0.142 e. The molecule has 0 bridgehead atoms. The molecule has 0 saturated heterocycles. The number of rotatable bonds is 3. The zero-order valence-electron chi connectivity index (χ0n) is 8.75. The van der Waals surface area contributed by atoms with E-state index in [0.717, 1.165) is 10.2 Å². The summed E-state index contributed by atoms with van der Waals surface area (Å²) in [4.78, 5) is 0. The Morgan fingerprint density at radius 1 is 1.29 bits per heavy atom. The van der Waals surface area contributed by atoms with Crippen molar-refractivity contribution in [3.05, 3.63) is 22.7 Å². The highest BCUT2D eigenvalue weighted by molar-refractivity contribution is 9.10. The van der Waals surface area contributed by atoms with Gasteiger partial charge in [-0.05, 0) is 31.0 Å². The van der Waals surface area contributed by atoms with Gasteiger partial charge in [0.15, 0.2) is 0 Å². The van der Waals surface area contributed by atoms with Crippen LogP contribution in [0.1, 0.15) is 20.8 Å². The average molecular weight is 258 g/mol. The minimum Gasteiger partial charge on any atom is -0.488 e. The maximum atomic E-state index is 5.81. The van der Waals surface area contributed by atoms with Crippen molar-refractivity contribution < 1.29 is 4.74 Å². The number of hydrogen-bond acceptors (Lipinski definition) is 2. The van der Waals surface area contributed by atoms with Crippen LogP contribution in [0.5, 0.6) is 5.75 Å². The number of halogens is 1. The van der Waals surface area contributed by atoms with Crippen molar-refractivity contribution in [2.45, 2.75) is 26.9 Å². The first-order chi connectivity index (χ1) is 6.50. The molecule has 0 aliphatic rings. The fourth-order valence-corrected chi connectivity index (χ4v) is 1.34. The van der Waals surface area contributed by atoms with Crippen molar-refractivity contribution in [3.63, 3.8) is 0 Å². The summed E-state index contributed by atoms with van der Waals surface area (Å²) in [6.45, 7) is 6.30. The maximum absolute atomic E-state index is 5.81. The summed E-state index contributed by atoms with van der Waals surface area (Å²) in [6, 6.07) is 5.67. The lowest BCUT2D eigenvalue weighted by molar-refractivity contribution is 0.171. The van der Waals surface area contributed by atoms with Crippen molar-refractivity contribution >= 4 is 21.6 Å². The third kappa shape index (κ3) is 2.91. The monoisotopic (exact) mass is 257 g/mol. The van der Waals surface area contributed by atoms with Crippen molar-refractivity contribution in [2.75, 3.05) is 5.73 Å². The fourth-order valence-electron chi connectivity index (χ4n) is 0.963. The summed E-state index contributed by atoms with van der Waals surface area (Å²) >= 11 is 3.36. The molecule has 1 aromatic rings. The Bertz CT molecular complexity index is 312. The number of nitrogens with two attached hydrogens (primary N) is 1.